The Bertz CT molecular complexity index is 466. The molecule has 0 saturated carbocycles. The lowest BCUT2D eigenvalue weighted by Crippen LogP contribution is -2.49. The number of likely N-dealkylation sites (N-methyl/N-ethyl adjacent to an activating group) is 1. The van der Waals surface area contributed by atoms with Gasteiger partial charge >= 0.3 is 6.03 Å². The maximum atomic E-state index is 12.4. The molecule has 0 aromatic rings. The number of Topliss-reactive ketones (excluding diaryl/α,β-unsaturated/α-hetero) is 1. The molecular weight excluding hydrogens is 324 g/mol. The summed E-state index contributed by atoms with van der Waals surface area (Å²) < 4.78 is 0. The van der Waals surface area contributed by atoms with E-state index in [1.165, 1.54) is 0 Å². The van der Waals surface area contributed by atoms with E-state index in [2.05, 4.69) is 24.2 Å². The number of aliphatic imine (C=N–C) groups is 1. The Morgan fingerprint density at radius 1 is 1.38 bits per heavy atom. The molecule has 7 heteroatoms. The zero-order chi connectivity index (χ0) is 18.3. The van der Waals surface area contributed by atoms with Gasteiger partial charge in [0, 0.05) is 31.2 Å². The van der Waals surface area contributed by atoms with Gasteiger partial charge in [0.25, 0.3) is 0 Å². The van der Waals surface area contributed by atoms with E-state index in [-0.39, 0.29) is 23.8 Å². The van der Waals surface area contributed by atoms with Crippen LogP contribution in [0.25, 0.3) is 0 Å². The first-order valence-electron chi connectivity index (χ1n) is 8.72. The predicted octanol–water partition coefficient (Wildman–Crippen LogP) is 2.13. The second-order valence-corrected chi connectivity index (χ2v) is 8.00. The standard InChI is InChI=1S/C17H32N4O2S/c1-11(2)15(22)14(7-6-8-18)20-17(23)21(5)9-13-10-24-16(19-13)12(3)4/h11-14H,6-10,18H2,1-5H3,(H,20,23). The molecule has 1 rings (SSSR count). The highest BCUT2D eigenvalue weighted by Crippen LogP contribution is 2.23. The summed E-state index contributed by atoms with van der Waals surface area (Å²) in [5, 5.41) is 4.02. The van der Waals surface area contributed by atoms with Crippen LogP contribution in [0, 0.1) is 11.8 Å². The van der Waals surface area contributed by atoms with Crippen LogP contribution in [0.5, 0.6) is 0 Å². The van der Waals surface area contributed by atoms with E-state index >= 15 is 0 Å². The van der Waals surface area contributed by atoms with Crippen LogP contribution in [0.3, 0.4) is 0 Å². The number of nitrogens with one attached hydrogen (secondary N) is 1. The average molecular weight is 357 g/mol. The Labute approximate surface area is 150 Å². The molecule has 0 aromatic carbocycles. The highest BCUT2D eigenvalue weighted by molar-refractivity contribution is 8.14. The number of ketones is 1. The molecule has 2 atom stereocenters. The van der Waals surface area contributed by atoms with Gasteiger partial charge < -0.3 is 16.0 Å². The molecule has 1 heterocycles. The van der Waals surface area contributed by atoms with Crippen molar-refractivity contribution in [2.24, 2.45) is 22.6 Å². The van der Waals surface area contributed by atoms with Crippen molar-refractivity contribution in [3.05, 3.63) is 0 Å². The summed E-state index contributed by atoms with van der Waals surface area (Å²) in [6, 6.07) is -0.549. The largest absolute Gasteiger partial charge is 0.330 e. The number of thioether (sulfide) groups is 1. The molecule has 2 amide bonds. The number of carbonyl (C=O) groups excluding carboxylic acids is 2. The second-order valence-electron chi connectivity index (χ2n) is 6.96. The van der Waals surface area contributed by atoms with E-state index in [1.807, 2.05) is 13.8 Å². The number of nitrogens with two attached hydrogens (primary N) is 1. The van der Waals surface area contributed by atoms with Gasteiger partial charge in [0.2, 0.25) is 0 Å². The molecule has 2 unspecified atom stereocenters. The third-order valence-electron chi connectivity index (χ3n) is 3.97. The van der Waals surface area contributed by atoms with E-state index in [4.69, 9.17) is 5.73 Å². The third kappa shape index (κ3) is 6.43. The monoisotopic (exact) mass is 356 g/mol. The van der Waals surface area contributed by atoms with E-state index in [9.17, 15) is 9.59 Å². The molecule has 1 aliphatic heterocycles. The lowest BCUT2D eigenvalue weighted by atomic mass is 9.98. The minimum absolute atomic E-state index is 0.0572. The van der Waals surface area contributed by atoms with E-state index in [0.717, 1.165) is 10.8 Å². The number of hydrogen-bond acceptors (Lipinski definition) is 5. The molecular formula is C17H32N4O2S. The summed E-state index contributed by atoms with van der Waals surface area (Å²) in [7, 11) is 1.75. The number of rotatable bonds is 9. The molecule has 0 fully saturated rings. The van der Waals surface area contributed by atoms with Gasteiger partial charge in [-0.15, -0.1) is 11.8 Å². The molecule has 3 N–H and O–H groups in total. The first kappa shape index (κ1) is 21.0. The van der Waals surface area contributed by atoms with Crippen molar-refractivity contribution in [2.75, 3.05) is 25.9 Å². The summed E-state index contributed by atoms with van der Waals surface area (Å²) in [6.07, 6.45) is 1.30. The van der Waals surface area contributed by atoms with Crippen molar-refractivity contribution in [1.29, 1.82) is 0 Å². The van der Waals surface area contributed by atoms with Gasteiger partial charge in [0.15, 0.2) is 5.78 Å². The SMILES string of the molecule is CC(C)C(=O)C(CCCN)NC(=O)N(C)CC1CSC(C(C)C)=N1. The normalized spacial score (nSPS) is 18.7. The van der Waals surface area contributed by atoms with E-state index in [0.29, 0.717) is 31.8 Å². The quantitative estimate of drug-likeness (QED) is 0.662. The minimum Gasteiger partial charge on any atom is -0.330 e. The Hall–Kier alpha value is -1.08. The highest BCUT2D eigenvalue weighted by Gasteiger charge is 2.26. The maximum absolute atomic E-state index is 12.4. The topological polar surface area (TPSA) is 87.8 Å². The van der Waals surface area contributed by atoms with Gasteiger partial charge in [0.05, 0.1) is 17.1 Å². The maximum Gasteiger partial charge on any atom is 0.317 e. The van der Waals surface area contributed by atoms with Crippen molar-refractivity contribution in [1.82, 2.24) is 10.2 Å². The fourth-order valence-corrected chi connectivity index (χ4v) is 3.61. The molecule has 0 saturated heterocycles. The second kappa shape index (κ2) is 10.0. The van der Waals surface area contributed by atoms with Crippen LogP contribution < -0.4 is 11.1 Å². The fourth-order valence-electron chi connectivity index (χ4n) is 2.51. The predicted molar refractivity (Wildman–Crippen MR) is 102 cm³/mol. The summed E-state index contributed by atoms with van der Waals surface area (Å²) in [5.41, 5.74) is 5.54. The van der Waals surface area contributed by atoms with Crippen LogP contribution in [-0.4, -0.2) is 59.7 Å². The van der Waals surface area contributed by atoms with Gasteiger partial charge in [-0.3, -0.25) is 9.79 Å². The number of urea groups is 1. The molecule has 0 bridgehead atoms. The first-order valence-corrected chi connectivity index (χ1v) is 9.70. The van der Waals surface area contributed by atoms with Crippen molar-refractivity contribution in [2.45, 2.75) is 52.6 Å². The van der Waals surface area contributed by atoms with Crippen LogP contribution in [-0.2, 0) is 4.79 Å². The number of nitrogens with zero attached hydrogens (tertiary/aromatic N) is 2. The summed E-state index contributed by atoms with van der Waals surface area (Å²) in [5.74, 6) is 1.29. The Kier molecular flexibility index (Phi) is 8.76. The Morgan fingerprint density at radius 2 is 2.04 bits per heavy atom. The molecule has 138 valence electrons. The van der Waals surface area contributed by atoms with Crippen LogP contribution in [0.15, 0.2) is 4.99 Å². The first-order chi connectivity index (χ1) is 11.3. The fraction of sp³-hybridized carbons (Fsp3) is 0.824. The third-order valence-corrected chi connectivity index (χ3v) is 5.39. The summed E-state index contributed by atoms with van der Waals surface area (Å²) in [4.78, 5) is 31.0. The van der Waals surface area contributed by atoms with Crippen LogP contribution in [0.2, 0.25) is 0 Å². The Morgan fingerprint density at radius 3 is 2.54 bits per heavy atom. The van der Waals surface area contributed by atoms with Crippen molar-refractivity contribution in [3.63, 3.8) is 0 Å². The van der Waals surface area contributed by atoms with E-state index in [1.54, 1.807) is 23.7 Å². The lowest BCUT2D eigenvalue weighted by molar-refractivity contribution is -0.123. The molecule has 6 nitrogen and oxygen atoms in total. The van der Waals surface area contributed by atoms with Crippen LogP contribution >= 0.6 is 11.8 Å². The zero-order valence-corrected chi connectivity index (χ0v) is 16.4. The van der Waals surface area contributed by atoms with Gasteiger partial charge in [-0.05, 0) is 19.4 Å². The van der Waals surface area contributed by atoms with Gasteiger partial charge in [-0.1, -0.05) is 27.7 Å². The van der Waals surface area contributed by atoms with Crippen LogP contribution in [0.4, 0.5) is 4.79 Å². The van der Waals surface area contributed by atoms with Crippen LogP contribution in [0.1, 0.15) is 40.5 Å². The number of carbonyl (C=O) groups is 2. The van der Waals surface area contributed by atoms with E-state index < -0.39 is 6.04 Å². The molecule has 0 radical (unpaired) electrons. The van der Waals surface area contributed by atoms with Crippen molar-refractivity contribution >= 4 is 28.6 Å². The zero-order valence-electron chi connectivity index (χ0n) is 15.5. The summed E-state index contributed by atoms with van der Waals surface area (Å²) >= 11 is 1.77. The molecule has 0 aliphatic carbocycles. The smallest absolute Gasteiger partial charge is 0.317 e. The number of hydrogen-bond donors (Lipinski definition) is 2. The van der Waals surface area contributed by atoms with Gasteiger partial charge in [-0.25, -0.2) is 4.79 Å². The molecule has 0 aromatic heterocycles. The van der Waals surface area contributed by atoms with Gasteiger partial charge in [0.1, 0.15) is 0 Å². The summed E-state index contributed by atoms with van der Waals surface area (Å²) in [6.45, 7) is 9.04. The van der Waals surface area contributed by atoms with Crippen molar-refractivity contribution < 1.29 is 9.59 Å². The minimum atomic E-state index is -0.462. The molecule has 24 heavy (non-hydrogen) atoms. The average Bonchev–Trinajstić information content (AvgIpc) is 2.99. The highest BCUT2D eigenvalue weighted by atomic mass is 32.2. The van der Waals surface area contributed by atoms with Gasteiger partial charge in [-0.2, -0.15) is 0 Å². The lowest BCUT2D eigenvalue weighted by Gasteiger charge is -2.25. The number of amides is 2. The molecule has 0 spiro atoms. The Balaban J connectivity index is 2.58. The molecule has 1 aliphatic rings. The van der Waals surface area contributed by atoms with Crippen molar-refractivity contribution in [3.8, 4) is 0 Å².